The van der Waals surface area contributed by atoms with Gasteiger partial charge in [-0.05, 0) is 70.8 Å². The first-order valence-electron chi connectivity index (χ1n) is 18.8. The molecule has 56 heavy (non-hydrogen) atoms. The molecule has 0 aliphatic rings. The Kier molecular flexibility index (Phi) is 7.42. The standard InChI is InChI=1S/C51H32N4O/c1-3-13-33(14-4-1)35-17-11-18-38(29-35)50-52-49(34-15-5-2-6-16-34)53-51(54-50)39-19-12-20-40(30-39)55-45-23-9-7-21-41(45)42-27-25-36(31-46(42)55)37-26-28-44-43-22-8-10-24-47(43)56-48(44)32-37/h1-32H. The van der Waals surface area contributed by atoms with E-state index in [1.165, 1.54) is 10.8 Å². The molecule has 0 saturated heterocycles. The molecule has 5 heteroatoms. The summed E-state index contributed by atoms with van der Waals surface area (Å²) in [4.78, 5) is 15.2. The van der Waals surface area contributed by atoms with Gasteiger partial charge in [0.15, 0.2) is 17.5 Å². The summed E-state index contributed by atoms with van der Waals surface area (Å²) in [6.07, 6.45) is 0. The summed E-state index contributed by atoms with van der Waals surface area (Å²) in [7, 11) is 0. The van der Waals surface area contributed by atoms with Crippen LogP contribution >= 0.6 is 0 Å². The summed E-state index contributed by atoms with van der Waals surface area (Å²) in [5.41, 5.74) is 12.3. The fraction of sp³-hybridized carbons (Fsp3) is 0. The van der Waals surface area contributed by atoms with E-state index in [0.717, 1.165) is 77.6 Å². The van der Waals surface area contributed by atoms with Crippen molar-refractivity contribution in [2.75, 3.05) is 0 Å². The average Bonchev–Trinajstić information content (AvgIpc) is 3.82. The van der Waals surface area contributed by atoms with Crippen LogP contribution in [0.3, 0.4) is 0 Å². The van der Waals surface area contributed by atoms with Crippen molar-refractivity contribution < 1.29 is 4.42 Å². The van der Waals surface area contributed by atoms with E-state index in [-0.39, 0.29) is 0 Å². The van der Waals surface area contributed by atoms with Gasteiger partial charge in [0.1, 0.15) is 11.2 Å². The largest absolute Gasteiger partial charge is 0.456 e. The fourth-order valence-corrected chi connectivity index (χ4v) is 7.94. The lowest BCUT2D eigenvalue weighted by Crippen LogP contribution is -2.01. The van der Waals surface area contributed by atoms with Crippen molar-refractivity contribution in [1.29, 1.82) is 0 Å². The molecule has 3 aromatic heterocycles. The number of nitrogens with zero attached hydrogens (tertiary/aromatic N) is 4. The molecule has 5 nitrogen and oxygen atoms in total. The molecular formula is C51H32N4O. The minimum Gasteiger partial charge on any atom is -0.456 e. The van der Waals surface area contributed by atoms with Crippen molar-refractivity contribution in [2.24, 2.45) is 0 Å². The van der Waals surface area contributed by atoms with Crippen molar-refractivity contribution >= 4 is 43.7 Å². The number of rotatable bonds is 6. The van der Waals surface area contributed by atoms with E-state index >= 15 is 0 Å². The summed E-state index contributed by atoms with van der Waals surface area (Å²) < 4.78 is 8.62. The number of para-hydroxylation sites is 2. The first-order chi connectivity index (χ1) is 27.7. The molecule has 0 spiro atoms. The van der Waals surface area contributed by atoms with Crippen LogP contribution in [0.5, 0.6) is 0 Å². The van der Waals surface area contributed by atoms with E-state index in [9.17, 15) is 0 Å². The van der Waals surface area contributed by atoms with Gasteiger partial charge in [-0.3, -0.25) is 0 Å². The minimum absolute atomic E-state index is 0.612. The van der Waals surface area contributed by atoms with E-state index in [1.807, 2.05) is 48.5 Å². The second kappa shape index (κ2) is 13.0. The Hall–Kier alpha value is -7.63. The number of aromatic nitrogens is 4. The zero-order chi connectivity index (χ0) is 37.0. The number of hydrogen-bond acceptors (Lipinski definition) is 4. The van der Waals surface area contributed by atoms with Gasteiger partial charge in [0.05, 0.1) is 11.0 Å². The zero-order valence-electron chi connectivity index (χ0n) is 30.2. The highest BCUT2D eigenvalue weighted by atomic mass is 16.3. The molecule has 0 unspecified atom stereocenters. The van der Waals surface area contributed by atoms with Crippen LogP contribution in [-0.4, -0.2) is 19.5 Å². The molecule has 0 radical (unpaired) electrons. The Bertz CT molecular complexity index is 3250. The van der Waals surface area contributed by atoms with Crippen molar-refractivity contribution in [3.05, 3.63) is 194 Å². The Morgan fingerprint density at radius 2 is 0.821 bits per heavy atom. The van der Waals surface area contributed by atoms with E-state index < -0.39 is 0 Å². The van der Waals surface area contributed by atoms with Crippen LogP contribution in [0.15, 0.2) is 199 Å². The molecule has 0 fully saturated rings. The van der Waals surface area contributed by atoms with Gasteiger partial charge >= 0.3 is 0 Å². The van der Waals surface area contributed by atoms with Crippen molar-refractivity contribution in [3.8, 4) is 62.1 Å². The van der Waals surface area contributed by atoms with Gasteiger partial charge in [-0.1, -0.05) is 146 Å². The number of fused-ring (bicyclic) bond motifs is 6. The maximum atomic E-state index is 6.28. The zero-order valence-corrected chi connectivity index (χ0v) is 30.2. The highest BCUT2D eigenvalue weighted by Crippen LogP contribution is 2.38. The molecule has 0 N–H and O–H groups in total. The lowest BCUT2D eigenvalue weighted by atomic mass is 10.0. The van der Waals surface area contributed by atoms with E-state index in [1.54, 1.807) is 0 Å². The van der Waals surface area contributed by atoms with Gasteiger partial charge in [0, 0.05) is 43.9 Å². The number of benzene rings is 8. The third-order valence-electron chi connectivity index (χ3n) is 10.6. The van der Waals surface area contributed by atoms with Crippen LogP contribution in [0.1, 0.15) is 0 Å². The molecular weight excluding hydrogens is 685 g/mol. The SMILES string of the molecule is c1ccc(-c2cccc(-c3nc(-c4ccccc4)nc(-c4cccc(-n5c6ccccc6c6ccc(-c7ccc8c(c7)oc7ccccc78)cc65)c4)n3)c2)cc1. The lowest BCUT2D eigenvalue weighted by molar-refractivity contribution is 0.669. The van der Waals surface area contributed by atoms with E-state index in [4.69, 9.17) is 19.4 Å². The van der Waals surface area contributed by atoms with Gasteiger partial charge in [-0.15, -0.1) is 0 Å². The smallest absolute Gasteiger partial charge is 0.164 e. The first kappa shape index (κ1) is 31.9. The fourth-order valence-electron chi connectivity index (χ4n) is 7.94. The molecule has 0 aliphatic carbocycles. The highest BCUT2D eigenvalue weighted by Gasteiger charge is 2.17. The third kappa shape index (κ3) is 5.45. The predicted molar refractivity (Wildman–Crippen MR) is 229 cm³/mol. The number of furan rings is 1. The quantitative estimate of drug-likeness (QED) is 0.172. The second-order valence-corrected chi connectivity index (χ2v) is 14.1. The van der Waals surface area contributed by atoms with E-state index in [2.05, 4.69) is 150 Å². The van der Waals surface area contributed by atoms with Crippen molar-refractivity contribution in [3.63, 3.8) is 0 Å². The van der Waals surface area contributed by atoms with Gasteiger partial charge in [0.2, 0.25) is 0 Å². The average molecular weight is 717 g/mol. The maximum Gasteiger partial charge on any atom is 0.164 e. The lowest BCUT2D eigenvalue weighted by Gasteiger charge is -2.12. The Morgan fingerprint density at radius 3 is 1.61 bits per heavy atom. The summed E-state index contributed by atoms with van der Waals surface area (Å²) in [6, 6.07) is 67.5. The highest BCUT2D eigenvalue weighted by molar-refractivity contribution is 6.11. The molecule has 0 saturated carbocycles. The molecule has 11 rings (SSSR count). The van der Waals surface area contributed by atoms with Crippen LogP contribution in [0.25, 0.3) is 106 Å². The molecule has 262 valence electrons. The van der Waals surface area contributed by atoms with Crippen LogP contribution < -0.4 is 0 Å². The van der Waals surface area contributed by atoms with E-state index in [0.29, 0.717) is 17.5 Å². The Balaban J connectivity index is 1.06. The number of hydrogen-bond donors (Lipinski definition) is 0. The summed E-state index contributed by atoms with van der Waals surface area (Å²) >= 11 is 0. The van der Waals surface area contributed by atoms with Gasteiger partial charge in [0.25, 0.3) is 0 Å². The topological polar surface area (TPSA) is 56.7 Å². The Morgan fingerprint density at radius 1 is 0.304 bits per heavy atom. The predicted octanol–water partition coefficient (Wildman–Crippen LogP) is 13.2. The Labute approximate surface area is 322 Å². The summed E-state index contributed by atoms with van der Waals surface area (Å²) in [5.74, 6) is 1.87. The second-order valence-electron chi connectivity index (χ2n) is 14.1. The third-order valence-corrected chi connectivity index (χ3v) is 10.6. The normalized spacial score (nSPS) is 11.6. The van der Waals surface area contributed by atoms with Crippen molar-refractivity contribution in [2.45, 2.75) is 0 Å². The molecule has 8 aromatic carbocycles. The minimum atomic E-state index is 0.612. The maximum absolute atomic E-state index is 6.28. The van der Waals surface area contributed by atoms with Crippen LogP contribution in [-0.2, 0) is 0 Å². The van der Waals surface area contributed by atoms with Gasteiger partial charge in [-0.25, -0.2) is 15.0 Å². The molecule has 0 atom stereocenters. The molecule has 0 aliphatic heterocycles. The monoisotopic (exact) mass is 716 g/mol. The molecule has 11 aromatic rings. The molecule has 3 heterocycles. The molecule has 0 amide bonds. The van der Waals surface area contributed by atoms with Crippen LogP contribution in [0, 0.1) is 0 Å². The summed E-state index contributed by atoms with van der Waals surface area (Å²) in [6.45, 7) is 0. The van der Waals surface area contributed by atoms with Gasteiger partial charge in [-0.2, -0.15) is 0 Å². The molecule has 0 bridgehead atoms. The van der Waals surface area contributed by atoms with Gasteiger partial charge < -0.3 is 8.98 Å². The van der Waals surface area contributed by atoms with Crippen LogP contribution in [0.4, 0.5) is 0 Å². The van der Waals surface area contributed by atoms with Crippen LogP contribution in [0.2, 0.25) is 0 Å². The summed E-state index contributed by atoms with van der Waals surface area (Å²) in [5, 5.41) is 4.63. The van der Waals surface area contributed by atoms with Crippen molar-refractivity contribution in [1.82, 2.24) is 19.5 Å². The first-order valence-corrected chi connectivity index (χ1v) is 18.8.